The van der Waals surface area contributed by atoms with Crippen molar-refractivity contribution >= 4 is 17.3 Å². The van der Waals surface area contributed by atoms with Gasteiger partial charge in [0.2, 0.25) is 5.91 Å². The van der Waals surface area contributed by atoms with E-state index in [-0.39, 0.29) is 5.91 Å². The van der Waals surface area contributed by atoms with E-state index in [0.29, 0.717) is 6.54 Å². The number of nitrogens with one attached hydrogen (secondary N) is 1. The number of hydrogen-bond acceptors (Lipinski definition) is 3. The number of amides is 1. The zero-order valence-corrected chi connectivity index (χ0v) is 14.8. The molecule has 0 aliphatic heterocycles. The van der Waals surface area contributed by atoms with Crippen molar-refractivity contribution in [1.82, 2.24) is 0 Å². The highest BCUT2D eigenvalue weighted by molar-refractivity contribution is 5.94. The van der Waals surface area contributed by atoms with E-state index in [1.54, 1.807) is 0 Å². The standard InChI is InChI=1S/C22H22N2O2/c1-2-24(19-9-5-3-6-10-19)17-22(25)23-18-13-15-21(16-14-18)26-20-11-7-4-8-12-20/h3-16H,2,17H2,1H3,(H,23,25). The van der Waals surface area contributed by atoms with Gasteiger partial charge >= 0.3 is 0 Å². The fourth-order valence-electron chi connectivity index (χ4n) is 2.63. The van der Waals surface area contributed by atoms with Gasteiger partial charge in [-0.2, -0.15) is 0 Å². The number of para-hydroxylation sites is 2. The Morgan fingerprint density at radius 3 is 2.04 bits per heavy atom. The predicted octanol–water partition coefficient (Wildman–Crippen LogP) is 4.94. The van der Waals surface area contributed by atoms with Crippen molar-refractivity contribution in [3.63, 3.8) is 0 Å². The Morgan fingerprint density at radius 1 is 0.846 bits per heavy atom. The molecule has 0 saturated heterocycles. The second kappa shape index (κ2) is 8.72. The first-order valence-electron chi connectivity index (χ1n) is 8.67. The summed E-state index contributed by atoms with van der Waals surface area (Å²) in [6, 6.07) is 26.9. The van der Waals surface area contributed by atoms with Crippen molar-refractivity contribution < 1.29 is 9.53 Å². The molecule has 1 amide bonds. The van der Waals surface area contributed by atoms with E-state index in [1.165, 1.54) is 0 Å². The third-order valence-electron chi connectivity index (χ3n) is 3.95. The minimum atomic E-state index is -0.0487. The van der Waals surface area contributed by atoms with Gasteiger partial charge in [0.1, 0.15) is 11.5 Å². The van der Waals surface area contributed by atoms with Gasteiger partial charge in [0.05, 0.1) is 6.54 Å². The number of nitrogens with zero attached hydrogens (tertiary/aromatic N) is 1. The number of carbonyl (C=O) groups is 1. The van der Waals surface area contributed by atoms with Gasteiger partial charge < -0.3 is 15.0 Å². The van der Waals surface area contributed by atoms with E-state index >= 15 is 0 Å². The second-order valence-electron chi connectivity index (χ2n) is 5.84. The summed E-state index contributed by atoms with van der Waals surface area (Å²) in [5.74, 6) is 1.46. The highest BCUT2D eigenvalue weighted by atomic mass is 16.5. The Kier molecular flexibility index (Phi) is 5.88. The molecule has 0 spiro atoms. The molecule has 0 atom stereocenters. The van der Waals surface area contributed by atoms with E-state index in [9.17, 15) is 4.79 Å². The molecule has 4 heteroatoms. The van der Waals surface area contributed by atoms with Crippen LogP contribution < -0.4 is 15.0 Å². The molecule has 0 heterocycles. The molecule has 0 unspecified atom stereocenters. The molecule has 3 aromatic rings. The van der Waals surface area contributed by atoms with Gasteiger partial charge in [0.15, 0.2) is 0 Å². The number of benzene rings is 3. The SMILES string of the molecule is CCN(CC(=O)Nc1ccc(Oc2ccccc2)cc1)c1ccccc1. The zero-order valence-electron chi connectivity index (χ0n) is 14.8. The summed E-state index contributed by atoms with van der Waals surface area (Å²) in [6.45, 7) is 3.11. The lowest BCUT2D eigenvalue weighted by atomic mass is 10.2. The van der Waals surface area contributed by atoms with Crippen LogP contribution in [-0.2, 0) is 4.79 Å². The van der Waals surface area contributed by atoms with Crippen LogP contribution >= 0.6 is 0 Å². The Morgan fingerprint density at radius 2 is 1.42 bits per heavy atom. The number of likely N-dealkylation sites (N-methyl/N-ethyl adjacent to an activating group) is 1. The molecule has 4 nitrogen and oxygen atoms in total. The maximum atomic E-state index is 12.3. The first-order chi connectivity index (χ1) is 12.7. The molecule has 26 heavy (non-hydrogen) atoms. The maximum Gasteiger partial charge on any atom is 0.243 e. The van der Waals surface area contributed by atoms with E-state index in [2.05, 4.69) is 5.32 Å². The van der Waals surface area contributed by atoms with Crippen molar-refractivity contribution in [2.75, 3.05) is 23.3 Å². The fourth-order valence-corrected chi connectivity index (χ4v) is 2.63. The summed E-state index contributed by atoms with van der Waals surface area (Å²) in [5, 5.41) is 2.93. The molecule has 0 fully saturated rings. The molecule has 3 rings (SSSR count). The van der Waals surface area contributed by atoms with Crippen LogP contribution in [0.2, 0.25) is 0 Å². The number of ether oxygens (including phenoxy) is 1. The number of carbonyl (C=O) groups excluding carboxylic acids is 1. The first kappa shape index (κ1) is 17.5. The summed E-state index contributed by atoms with van der Waals surface area (Å²) in [6.07, 6.45) is 0. The van der Waals surface area contributed by atoms with Crippen molar-refractivity contribution in [3.8, 4) is 11.5 Å². The number of hydrogen-bond donors (Lipinski definition) is 1. The van der Waals surface area contributed by atoms with Gasteiger partial charge in [-0.25, -0.2) is 0 Å². The Balaban J connectivity index is 1.57. The largest absolute Gasteiger partial charge is 0.457 e. The van der Waals surface area contributed by atoms with E-state index in [4.69, 9.17) is 4.74 Å². The summed E-state index contributed by atoms with van der Waals surface area (Å²) in [5.41, 5.74) is 1.79. The van der Waals surface area contributed by atoms with Gasteiger partial charge in [-0.1, -0.05) is 36.4 Å². The van der Waals surface area contributed by atoms with Crippen LogP contribution in [0.25, 0.3) is 0 Å². The molecule has 0 aromatic heterocycles. The minimum absolute atomic E-state index is 0.0487. The van der Waals surface area contributed by atoms with Crippen LogP contribution in [0.5, 0.6) is 11.5 Å². The van der Waals surface area contributed by atoms with Gasteiger partial charge in [-0.05, 0) is 55.5 Å². The van der Waals surface area contributed by atoms with Gasteiger partial charge in [0, 0.05) is 17.9 Å². The fraction of sp³-hybridized carbons (Fsp3) is 0.136. The van der Waals surface area contributed by atoms with E-state index < -0.39 is 0 Å². The van der Waals surface area contributed by atoms with Crippen molar-refractivity contribution in [3.05, 3.63) is 84.9 Å². The second-order valence-corrected chi connectivity index (χ2v) is 5.84. The van der Waals surface area contributed by atoms with Crippen molar-refractivity contribution in [2.24, 2.45) is 0 Å². The van der Waals surface area contributed by atoms with Crippen LogP contribution in [-0.4, -0.2) is 19.0 Å². The Labute approximate surface area is 154 Å². The lowest BCUT2D eigenvalue weighted by Gasteiger charge is -2.22. The smallest absolute Gasteiger partial charge is 0.243 e. The van der Waals surface area contributed by atoms with Gasteiger partial charge in [-0.15, -0.1) is 0 Å². The zero-order chi connectivity index (χ0) is 18.2. The number of rotatable bonds is 7. The molecular weight excluding hydrogens is 324 g/mol. The average Bonchev–Trinajstić information content (AvgIpc) is 2.69. The Bertz CT molecular complexity index is 818. The molecule has 0 aliphatic rings. The van der Waals surface area contributed by atoms with Crippen molar-refractivity contribution in [1.29, 1.82) is 0 Å². The first-order valence-corrected chi connectivity index (χ1v) is 8.67. The van der Waals surface area contributed by atoms with Crippen LogP contribution in [0.15, 0.2) is 84.9 Å². The van der Waals surface area contributed by atoms with Gasteiger partial charge in [-0.3, -0.25) is 4.79 Å². The molecule has 132 valence electrons. The lowest BCUT2D eigenvalue weighted by Crippen LogP contribution is -2.33. The highest BCUT2D eigenvalue weighted by Gasteiger charge is 2.10. The average molecular weight is 346 g/mol. The van der Waals surface area contributed by atoms with Crippen LogP contribution in [0.4, 0.5) is 11.4 Å². The summed E-state index contributed by atoms with van der Waals surface area (Å²) < 4.78 is 5.76. The molecule has 3 aromatic carbocycles. The van der Waals surface area contributed by atoms with Crippen molar-refractivity contribution in [2.45, 2.75) is 6.92 Å². The molecule has 0 saturated carbocycles. The third-order valence-corrected chi connectivity index (χ3v) is 3.95. The quantitative estimate of drug-likeness (QED) is 0.658. The topological polar surface area (TPSA) is 41.6 Å². The molecule has 0 bridgehead atoms. The molecule has 0 aliphatic carbocycles. The summed E-state index contributed by atoms with van der Waals surface area (Å²) in [7, 11) is 0. The third kappa shape index (κ3) is 4.86. The summed E-state index contributed by atoms with van der Waals surface area (Å²) in [4.78, 5) is 14.4. The minimum Gasteiger partial charge on any atom is -0.457 e. The normalized spacial score (nSPS) is 10.2. The van der Waals surface area contributed by atoms with Gasteiger partial charge in [0.25, 0.3) is 0 Å². The van der Waals surface area contributed by atoms with E-state index in [0.717, 1.165) is 29.4 Å². The molecule has 1 N–H and O–H groups in total. The summed E-state index contributed by atoms with van der Waals surface area (Å²) >= 11 is 0. The van der Waals surface area contributed by atoms with E-state index in [1.807, 2.05) is 96.8 Å². The number of anilines is 2. The maximum absolute atomic E-state index is 12.3. The van der Waals surface area contributed by atoms with Crippen LogP contribution in [0.3, 0.4) is 0 Å². The predicted molar refractivity (Wildman–Crippen MR) is 106 cm³/mol. The molecular formula is C22H22N2O2. The molecule has 0 radical (unpaired) electrons. The highest BCUT2D eigenvalue weighted by Crippen LogP contribution is 2.22. The van der Waals surface area contributed by atoms with Crippen LogP contribution in [0.1, 0.15) is 6.92 Å². The monoisotopic (exact) mass is 346 g/mol. The Hall–Kier alpha value is -3.27. The van der Waals surface area contributed by atoms with Crippen LogP contribution in [0, 0.1) is 0 Å². The lowest BCUT2D eigenvalue weighted by molar-refractivity contribution is -0.115.